The van der Waals surface area contributed by atoms with Crippen molar-refractivity contribution in [2.45, 2.75) is 32.7 Å². The van der Waals surface area contributed by atoms with Gasteiger partial charge in [0.25, 0.3) is 0 Å². The normalized spacial score (nSPS) is 11.9. The first-order valence-corrected chi connectivity index (χ1v) is 8.53. The summed E-state index contributed by atoms with van der Waals surface area (Å²) in [5, 5.41) is 5.24. The van der Waals surface area contributed by atoms with E-state index in [0.717, 1.165) is 12.8 Å². The molecular weight excluding hydrogens is 298 g/mol. The molecule has 1 rings (SSSR count). The van der Waals surface area contributed by atoms with Crippen LogP contribution in [0.25, 0.3) is 0 Å². The molecule has 0 amide bonds. The molecule has 1 heterocycles. The van der Waals surface area contributed by atoms with Crippen LogP contribution in [-0.2, 0) is 9.53 Å². The fourth-order valence-electron chi connectivity index (χ4n) is 1.32. The lowest BCUT2D eigenvalue weighted by molar-refractivity contribution is -0.140. The fourth-order valence-corrected chi connectivity index (χ4v) is 3.00. The quantitative estimate of drug-likeness (QED) is 0.471. The van der Waals surface area contributed by atoms with E-state index in [1.807, 2.05) is 11.4 Å². The summed E-state index contributed by atoms with van der Waals surface area (Å²) in [7, 11) is 0. The average molecular weight is 318 g/mol. The average Bonchev–Trinajstić information content (AvgIpc) is 2.90. The number of nitrogens with one attached hydrogen (secondary N) is 1. The molecule has 6 heteroatoms. The van der Waals surface area contributed by atoms with Crippen molar-refractivity contribution in [2.24, 2.45) is 0 Å². The highest BCUT2D eigenvalue weighted by atomic mass is 32.2. The molecule has 0 radical (unpaired) electrons. The van der Waals surface area contributed by atoms with Crippen LogP contribution in [0.15, 0.2) is 17.5 Å². The number of unbranched alkanes of at least 4 members (excludes halogenated alkanes) is 1. The largest absolute Gasteiger partial charge is 0.465 e. The van der Waals surface area contributed by atoms with Crippen LogP contribution in [-0.4, -0.2) is 22.6 Å². The Hall–Kier alpha value is -0.590. The van der Waals surface area contributed by atoms with Gasteiger partial charge in [-0.2, -0.15) is 0 Å². The summed E-state index contributed by atoms with van der Waals surface area (Å²) < 4.78 is 5.70. The molecule has 0 fully saturated rings. The highest BCUT2D eigenvalue weighted by molar-refractivity contribution is 8.23. The van der Waals surface area contributed by atoms with Gasteiger partial charge in [-0.25, -0.2) is 0 Å². The van der Waals surface area contributed by atoms with E-state index in [4.69, 9.17) is 17.0 Å². The summed E-state index contributed by atoms with van der Waals surface area (Å²) in [6.07, 6.45) is 1.94. The summed E-state index contributed by atoms with van der Waals surface area (Å²) in [4.78, 5) is 12.6. The molecule has 0 spiro atoms. The van der Waals surface area contributed by atoms with E-state index >= 15 is 0 Å². The van der Waals surface area contributed by atoms with Gasteiger partial charge >= 0.3 is 5.97 Å². The van der Waals surface area contributed by atoms with Crippen molar-refractivity contribution in [3.63, 3.8) is 0 Å². The molecule has 3 nitrogen and oxygen atoms in total. The van der Waals surface area contributed by atoms with E-state index in [1.54, 1.807) is 11.3 Å². The molecule has 0 bridgehead atoms. The number of thiocarbonyl (C=S) groups is 1. The van der Waals surface area contributed by atoms with Gasteiger partial charge in [0.05, 0.1) is 18.4 Å². The molecule has 106 valence electrons. The van der Waals surface area contributed by atoms with Crippen LogP contribution in [0.1, 0.15) is 37.6 Å². The maximum absolute atomic E-state index is 11.4. The van der Waals surface area contributed by atoms with Gasteiger partial charge in [0, 0.05) is 4.88 Å². The van der Waals surface area contributed by atoms with Crippen molar-refractivity contribution in [3.8, 4) is 0 Å². The smallest absolute Gasteiger partial charge is 0.316 e. The molecule has 0 aliphatic heterocycles. The number of carbonyl (C=O) groups is 1. The number of thioether (sulfide) groups is 1. The van der Waals surface area contributed by atoms with Crippen LogP contribution in [0.2, 0.25) is 0 Å². The van der Waals surface area contributed by atoms with Crippen LogP contribution in [0.3, 0.4) is 0 Å². The first-order valence-electron chi connectivity index (χ1n) is 6.25. The second-order valence-electron chi connectivity index (χ2n) is 4.03. The zero-order valence-corrected chi connectivity index (χ0v) is 13.6. The molecule has 19 heavy (non-hydrogen) atoms. The SMILES string of the molecule is CCCCOC(=O)CSC(=S)NC(C)c1cccs1. The van der Waals surface area contributed by atoms with Gasteiger partial charge in [0.1, 0.15) is 4.32 Å². The van der Waals surface area contributed by atoms with Crippen molar-refractivity contribution < 1.29 is 9.53 Å². The van der Waals surface area contributed by atoms with Gasteiger partial charge in [-0.3, -0.25) is 4.79 Å². The van der Waals surface area contributed by atoms with Crippen molar-refractivity contribution in [1.82, 2.24) is 5.32 Å². The third-order valence-corrected chi connectivity index (χ3v) is 4.67. The van der Waals surface area contributed by atoms with Crippen LogP contribution in [0.5, 0.6) is 0 Å². The maximum Gasteiger partial charge on any atom is 0.316 e. The third-order valence-electron chi connectivity index (χ3n) is 2.39. The van der Waals surface area contributed by atoms with Gasteiger partial charge < -0.3 is 10.1 Å². The molecule has 0 saturated carbocycles. The zero-order valence-electron chi connectivity index (χ0n) is 11.2. The molecule has 1 atom stereocenters. The van der Waals surface area contributed by atoms with Gasteiger partial charge in [0.2, 0.25) is 0 Å². The maximum atomic E-state index is 11.4. The standard InChI is InChI=1S/C13H19NO2S3/c1-3-4-7-16-12(15)9-19-13(17)14-10(2)11-6-5-8-18-11/h5-6,8,10H,3-4,7,9H2,1-2H3,(H,14,17). The number of rotatable bonds is 7. The van der Waals surface area contributed by atoms with Gasteiger partial charge in [-0.15, -0.1) is 11.3 Å². The van der Waals surface area contributed by atoms with E-state index < -0.39 is 0 Å². The molecule has 0 aromatic carbocycles. The van der Waals surface area contributed by atoms with E-state index in [1.165, 1.54) is 16.6 Å². The molecule has 0 aliphatic rings. The Balaban J connectivity index is 2.19. The van der Waals surface area contributed by atoms with Crippen LogP contribution < -0.4 is 5.32 Å². The molecule has 1 N–H and O–H groups in total. The summed E-state index contributed by atoms with van der Waals surface area (Å²) >= 11 is 8.21. The van der Waals surface area contributed by atoms with E-state index in [2.05, 4.69) is 25.2 Å². The minimum absolute atomic E-state index is 0.177. The lowest BCUT2D eigenvalue weighted by Gasteiger charge is -2.13. The summed E-state index contributed by atoms with van der Waals surface area (Å²) in [6, 6.07) is 4.25. The van der Waals surface area contributed by atoms with E-state index in [9.17, 15) is 4.79 Å². The van der Waals surface area contributed by atoms with Crippen LogP contribution in [0, 0.1) is 0 Å². The molecule has 0 saturated heterocycles. The number of thiophene rings is 1. The zero-order chi connectivity index (χ0) is 14.1. The van der Waals surface area contributed by atoms with E-state index in [-0.39, 0.29) is 17.8 Å². The number of ether oxygens (including phenoxy) is 1. The lowest BCUT2D eigenvalue weighted by atomic mass is 10.3. The highest BCUT2D eigenvalue weighted by Gasteiger charge is 2.10. The minimum Gasteiger partial charge on any atom is -0.465 e. The molecule has 1 unspecified atom stereocenters. The highest BCUT2D eigenvalue weighted by Crippen LogP contribution is 2.19. The number of esters is 1. The predicted molar refractivity (Wildman–Crippen MR) is 86.8 cm³/mol. The van der Waals surface area contributed by atoms with Crippen molar-refractivity contribution in [3.05, 3.63) is 22.4 Å². The predicted octanol–water partition coefficient (Wildman–Crippen LogP) is 3.76. The van der Waals surface area contributed by atoms with Gasteiger partial charge in [0.15, 0.2) is 0 Å². The molecule has 1 aromatic heterocycles. The van der Waals surface area contributed by atoms with Crippen LogP contribution in [0.4, 0.5) is 0 Å². The second-order valence-corrected chi connectivity index (χ2v) is 6.66. The van der Waals surface area contributed by atoms with E-state index in [0.29, 0.717) is 10.9 Å². The Morgan fingerprint density at radius 2 is 2.42 bits per heavy atom. The molecule has 1 aromatic rings. The lowest BCUT2D eigenvalue weighted by Crippen LogP contribution is -2.23. The Morgan fingerprint density at radius 3 is 3.05 bits per heavy atom. The Bertz CT molecular complexity index is 393. The molecule has 0 aliphatic carbocycles. The number of hydrogen-bond acceptors (Lipinski definition) is 5. The molecular formula is C13H19NO2S3. The topological polar surface area (TPSA) is 38.3 Å². The summed E-state index contributed by atoms with van der Waals surface area (Å²) in [6.45, 7) is 4.62. The Kier molecular flexibility index (Phi) is 8.09. The van der Waals surface area contributed by atoms with Gasteiger partial charge in [-0.05, 0) is 24.8 Å². The third kappa shape index (κ3) is 6.94. The second kappa shape index (κ2) is 9.34. The van der Waals surface area contributed by atoms with Crippen molar-refractivity contribution >= 4 is 45.6 Å². The van der Waals surface area contributed by atoms with Crippen molar-refractivity contribution in [1.29, 1.82) is 0 Å². The summed E-state index contributed by atoms with van der Waals surface area (Å²) in [5.74, 6) is 0.0681. The Morgan fingerprint density at radius 1 is 1.63 bits per heavy atom. The number of carbonyl (C=O) groups excluding carboxylic acids is 1. The first kappa shape index (κ1) is 16.5. The Labute approximate surface area is 128 Å². The van der Waals surface area contributed by atoms with Gasteiger partial charge in [-0.1, -0.05) is 43.4 Å². The fraction of sp³-hybridized carbons (Fsp3) is 0.538. The van der Waals surface area contributed by atoms with Crippen molar-refractivity contribution in [2.75, 3.05) is 12.4 Å². The number of hydrogen-bond donors (Lipinski definition) is 1. The van der Waals surface area contributed by atoms with Crippen LogP contribution >= 0.6 is 35.3 Å². The minimum atomic E-state index is -0.202. The summed E-state index contributed by atoms with van der Waals surface area (Å²) in [5.41, 5.74) is 0. The monoisotopic (exact) mass is 317 g/mol. The first-order chi connectivity index (χ1) is 9.13.